The number of hydrogen-bond acceptors (Lipinski definition) is 1. The Labute approximate surface area is 83.5 Å². The van der Waals surface area contributed by atoms with Crippen LogP contribution in [0, 0.1) is 5.82 Å². The van der Waals surface area contributed by atoms with Crippen molar-refractivity contribution in [2.45, 2.75) is 5.92 Å². The van der Waals surface area contributed by atoms with Gasteiger partial charge in [-0.3, -0.25) is 4.79 Å². The molecule has 0 radical (unpaired) electrons. The molecule has 0 amide bonds. The Bertz CT molecular complexity index is 352. The standard InChI is InChI=1S/C9H6ClF3O/c10-5-8(14)9(12,13)6-2-1-3-7(11)4-6/h1-4H,5H2. The molecule has 1 aromatic carbocycles. The predicted octanol–water partition coefficient (Wildman–Crippen LogP) is 2.73. The first-order valence-corrected chi connectivity index (χ1v) is 4.25. The van der Waals surface area contributed by atoms with Crippen molar-refractivity contribution in [1.29, 1.82) is 0 Å². The van der Waals surface area contributed by atoms with Crippen LogP contribution in [0.5, 0.6) is 0 Å². The van der Waals surface area contributed by atoms with Crippen LogP contribution < -0.4 is 0 Å². The van der Waals surface area contributed by atoms with E-state index >= 15 is 0 Å². The monoisotopic (exact) mass is 222 g/mol. The van der Waals surface area contributed by atoms with E-state index in [1.807, 2.05) is 0 Å². The molecule has 0 atom stereocenters. The highest BCUT2D eigenvalue weighted by Crippen LogP contribution is 2.29. The van der Waals surface area contributed by atoms with Crippen LogP contribution in [-0.2, 0) is 10.7 Å². The van der Waals surface area contributed by atoms with Gasteiger partial charge in [-0.1, -0.05) is 12.1 Å². The predicted molar refractivity (Wildman–Crippen MR) is 46.0 cm³/mol. The van der Waals surface area contributed by atoms with E-state index in [2.05, 4.69) is 0 Å². The van der Waals surface area contributed by atoms with Gasteiger partial charge in [0, 0.05) is 5.56 Å². The molecule has 0 unspecified atom stereocenters. The third-order valence-electron chi connectivity index (χ3n) is 1.66. The number of benzene rings is 1. The van der Waals surface area contributed by atoms with Crippen LogP contribution in [0.4, 0.5) is 13.2 Å². The highest BCUT2D eigenvalue weighted by Gasteiger charge is 2.39. The summed E-state index contributed by atoms with van der Waals surface area (Å²) in [7, 11) is 0. The molecule has 0 spiro atoms. The first-order chi connectivity index (χ1) is 6.48. The van der Waals surface area contributed by atoms with E-state index in [1.54, 1.807) is 0 Å². The number of rotatable bonds is 3. The zero-order valence-corrected chi connectivity index (χ0v) is 7.69. The summed E-state index contributed by atoms with van der Waals surface area (Å²) in [6.45, 7) is 0. The van der Waals surface area contributed by atoms with E-state index in [-0.39, 0.29) is 0 Å². The molecule has 0 N–H and O–H groups in total. The van der Waals surface area contributed by atoms with Crippen molar-refractivity contribution in [3.05, 3.63) is 35.6 Å². The smallest absolute Gasteiger partial charge is 0.291 e. The zero-order chi connectivity index (χ0) is 10.8. The van der Waals surface area contributed by atoms with Crippen molar-refractivity contribution in [1.82, 2.24) is 0 Å². The van der Waals surface area contributed by atoms with Gasteiger partial charge in [-0.15, -0.1) is 11.6 Å². The van der Waals surface area contributed by atoms with Gasteiger partial charge < -0.3 is 0 Å². The summed E-state index contributed by atoms with van der Waals surface area (Å²) < 4.78 is 38.8. The second-order valence-corrected chi connectivity index (χ2v) is 2.91. The second kappa shape index (κ2) is 4.00. The van der Waals surface area contributed by atoms with Crippen LogP contribution >= 0.6 is 11.6 Å². The highest BCUT2D eigenvalue weighted by molar-refractivity contribution is 6.28. The summed E-state index contributed by atoms with van der Waals surface area (Å²) in [6, 6.07) is 3.73. The van der Waals surface area contributed by atoms with Crippen LogP contribution in [0.2, 0.25) is 0 Å². The lowest BCUT2D eigenvalue weighted by atomic mass is 10.1. The van der Waals surface area contributed by atoms with Crippen LogP contribution in [-0.4, -0.2) is 11.7 Å². The number of carbonyl (C=O) groups is 1. The number of hydrogen-bond donors (Lipinski definition) is 0. The number of Topliss-reactive ketones (excluding diaryl/α,β-unsaturated/α-hetero) is 1. The van der Waals surface area contributed by atoms with Gasteiger partial charge in [-0.2, -0.15) is 8.78 Å². The van der Waals surface area contributed by atoms with Gasteiger partial charge in [0.2, 0.25) is 5.78 Å². The molecular weight excluding hydrogens is 217 g/mol. The summed E-state index contributed by atoms with van der Waals surface area (Å²) in [6.07, 6.45) is 0. The molecule has 0 aliphatic heterocycles. The average Bonchev–Trinajstić information content (AvgIpc) is 2.16. The molecule has 1 aromatic rings. The van der Waals surface area contributed by atoms with Gasteiger partial charge in [0.05, 0.1) is 5.88 Å². The topological polar surface area (TPSA) is 17.1 Å². The van der Waals surface area contributed by atoms with Crippen LogP contribution in [0.25, 0.3) is 0 Å². The number of alkyl halides is 3. The minimum atomic E-state index is -3.72. The van der Waals surface area contributed by atoms with Gasteiger partial charge >= 0.3 is 5.92 Å². The van der Waals surface area contributed by atoms with Gasteiger partial charge in [0.15, 0.2) is 0 Å². The molecule has 0 aliphatic carbocycles. The van der Waals surface area contributed by atoms with Gasteiger partial charge in [0.1, 0.15) is 5.82 Å². The molecule has 5 heteroatoms. The Morgan fingerprint density at radius 2 is 2.07 bits per heavy atom. The third-order valence-corrected chi connectivity index (χ3v) is 1.90. The Morgan fingerprint density at radius 3 is 2.57 bits per heavy atom. The Kier molecular flexibility index (Phi) is 3.16. The Morgan fingerprint density at radius 1 is 1.43 bits per heavy atom. The molecule has 76 valence electrons. The third kappa shape index (κ3) is 2.07. The summed E-state index contributed by atoms with van der Waals surface area (Å²) in [5.74, 6) is -6.78. The van der Waals surface area contributed by atoms with Crippen molar-refractivity contribution < 1.29 is 18.0 Å². The molecule has 0 heterocycles. The van der Waals surface area contributed by atoms with Crippen LogP contribution in [0.15, 0.2) is 24.3 Å². The van der Waals surface area contributed by atoms with Crippen molar-refractivity contribution in [2.75, 3.05) is 5.88 Å². The molecule has 0 saturated heterocycles. The lowest BCUT2D eigenvalue weighted by Crippen LogP contribution is -2.27. The van der Waals surface area contributed by atoms with Gasteiger partial charge in [-0.25, -0.2) is 4.39 Å². The molecule has 0 aliphatic rings. The summed E-state index contributed by atoms with van der Waals surface area (Å²) in [4.78, 5) is 10.7. The summed E-state index contributed by atoms with van der Waals surface area (Å²) in [5, 5.41) is 0. The molecular formula is C9H6ClF3O. The summed E-state index contributed by atoms with van der Waals surface area (Å²) >= 11 is 5.00. The van der Waals surface area contributed by atoms with Gasteiger partial charge in [0.25, 0.3) is 0 Å². The van der Waals surface area contributed by atoms with Crippen molar-refractivity contribution in [3.8, 4) is 0 Å². The minimum Gasteiger partial charge on any atom is -0.291 e. The normalized spacial score (nSPS) is 11.4. The van der Waals surface area contributed by atoms with E-state index in [1.165, 1.54) is 0 Å². The zero-order valence-electron chi connectivity index (χ0n) is 6.94. The molecule has 0 saturated carbocycles. The molecule has 0 aromatic heterocycles. The SMILES string of the molecule is O=C(CCl)C(F)(F)c1cccc(F)c1. The first-order valence-electron chi connectivity index (χ1n) is 3.71. The van der Waals surface area contributed by atoms with Crippen molar-refractivity contribution >= 4 is 17.4 Å². The molecule has 0 fully saturated rings. The maximum absolute atomic E-state index is 13.1. The van der Waals surface area contributed by atoms with E-state index < -0.39 is 29.0 Å². The first kappa shape index (κ1) is 11.0. The van der Waals surface area contributed by atoms with E-state index in [0.29, 0.717) is 6.07 Å². The lowest BCUT2D eigenvalue weighted by Gasteiger charge is -2.13. The summed E-state index contributed by atoms with van der Waals surface area (Å²) in [5.41, 5.74) is -0.678. The fraction of sp³-hybridized carbons (Fsp3) is 0.222. The fourth-order valence-electron chi connectivity index (χ4n) is 0.929. The minimum absolute atomic E-state index is 0.616. The number of halogens is 4. The van der Waals surface area contributed by atoms with E-state index in [9.17, 15) is 18.0 Å². The highest BCUT2D eigenvalue weighted by atomic mass is 35.5. The molecule has 1 rings (SSSR count). The maximum atomic E-state index is 13.1. The van der Waals surface area contributed by atoms with Crippen LogP contribution in [0.1, 0.15) is 5.56 Å². The quantitative estimate of drug-likeness (QED) is 0.719. The van der Waals surface area contributed by atoms with E-state index in [4.69, 9.17) is 11.6 Å². The number of ketones is 1. The molecule has 0 bridgehead atoms. The Balaban J connectivity index is 3.09. The van der Waals surface area contributed by atoms with Crippen LogP contribution in [0.3, 0.4) is 0 Å². The average molecular weight is 223 g/mol. The number of carbonyl (C=O) groups excluding carboxylic acids is 1. The molecule has 1 nitrogen and oxygen atoms in total. The Hall–Kier alpha value is -1.03. The fourth-order valence-corrected chi connectivity index (χ4v) is 1.10. The second-order valence-electron chi connectivity index (χ2n) is 2.64. The van der Waals surface area contributed by atoms with Gasteiger partial charge in [-0.05, 0) is 12.1 Å². The van der Waals surface area contributed by atoms with Crippen molar-refractivity contribution in [2.24, 2.45) is 0 Å². The maximum Gasteiger partial charge on any atom is 0.331 e. The largest absolute Gasteiger partial charge is 0.331 e. The molecule has 14 heavy (non-hydrogen) atoms. The van der Waals surface area contributed by atoms with Crippen molar-refractivity contribution in [3.63, 3.8) is 0 Å². The lowest BCUT2D eigenvalue weighted by molar-refractivity contribution is -0.141. The van der Waals surface area contributed by atoms with E-state index in [0.717, 1.165) is 18.2 Å².